The van der Waals surface area contributed by atoms with Gasteiger partial charge in [0.25, 0.3) is 0 Å². The zero-order valence-corrected chi connectivity index (χ0v) is 14.7. The smallest absolute Gasteiger partial charge is 0.246 e. The second-order valence-electron chi connectivity index (χ2n) is 5.68. The van der Waals surface area contributed by atoms with Gasteiger partial charge in [-0.25, -0.2) is 0 Å². The van der Waals surface area contributed by atoms with Crippen molar-refractivity contribution in [2.75, 3.05) is 31.1 Å². The molecular formula is C19H18Cl2N2O. The van der Waals surface area contributed by atoms with Gasteiger partial charge in [-0.05, 0) is 42.0 Å². The Morgan fingerprint density at radius 3 is 2.29 bits per heavy atom. The van der Waals surface area contributed by atoms with Gasteiger partial charge in [0.1, 0.15) is 0 Å². The van der Waals surface area contributed by atoms with Crippen LogP contribution in [-0.4, -0.2) is 37.0 Å². The van der Waals surface area contributed by atoms with Crippen molar-refractivity contribution in [1.29, 1.82) is 0 Å². The van der Waals surface area contributed by atoms with E-state index in [1.54, 1.807) is 6.08 Å². The molecule has 1 amide bonds. The van der Waals surface area contributed by atoms with Crippen molar-refractivity contribution in [3.63, 3.8) is 0 Å². The largest absolute Gasteiger partial charge is 0.368 e. The van der Waals surface area contributed by atoms with Gasteiger partial charge in [-0.3, -0.25) is 4.79 Å². The van der Waals surface area contributed by atoms with Gasteiger partial charge in [0.15, 0.2) is 0 Å². The zero-order chi connectivity index (χ0) is 16.9. The van der Waals surface area contributed by atoms with Gasteiger partial charge in [0, 0.05) is 48.0 Å². The van der Waals surface area contributed by atoms with E-state index in [1.807, 2.05) is 59.5 Å². The standard InChI is InChI=1S/C19H18Cl2N2O/c20-16-7-4-15(5-8-16)6-9-19(24)23-12-10-22(11-13-23)18-3-1-2-17(21)14-18/h1-9,14H,10-13H2. The first-order valence-electron chi connectivity index (χ1n) is 7.85. The zero-order valence-electron chi connectivity index (χ0n) is 13.2. The highest BCUT2D eigenvalue weighted by molar-refractivity contribution is 6.31. The summed E-state index contributed by atoms with van der Waals surface area (Å²) >= 11 is 11.9. The molecule has 2 aromatic carbocycles. The van der Waals surface area contributed by atoms with Crippen LogP contribution in [0.3, 0.4) is 0 Å². The van der Waals surface area contributed by atoms with Gasteiger partial charge < -0.3 is 9.80 Å². The summed E-state index contributed by atoms with van der Waals surface area (Å²) in [6.45, 7) is 3.02. The average molecular weight is 361 g/mol. The summed E-state index contributed by atoms with van der Waals surface area (Å²) in [5, 5.41) is 1.42. The van der Waals surface area contributed by atoms with Crippen LogP contribution in [0, 0.1) is 0 Å². The van der Waals surface area contributed by atoms with Crippen molar-refractivity contribution in [2.45, 2.75) is 0 Å². The molecule has 1 saturated heterocycles. The minimum absolute atomic E-state index is 0.0377. The second kappa shape index (κ2) is 7.73. The molecule has 3 nitrogen and oxygen atoms in total. The highest BCUT2D eigenvalue weighted by Gasteiger charge is 2.19. The van der Waals surface area contributed by atoms with Crippen LogP contribution in [0.15, 0.2) is 54.6 Å². The lowest BCUT2D eigenvalue weighted by Gasteiger charge is -2.35. The summed E-state index contributed by atoms with van der Waals surface area (Å²) in [4.78, 5) is 16.4. The topological polar surface area (TPSA) is 23.6 Å². The van der Waals surface area contributed by atoms with Gasteiger partial charge in [0.05, 0.1) is 0 Å². The first-order chi connectivity index (χ1) is 11.6. The minimum Gasteiger partial charge on any atom is -0.368 e. The Morgan fingerprint density at radius 1 is 0.917 bits per heavy atom. The molecule has 0 aromatic heterocycles. The van der Waals surface area contributed by atoms with Crippen molar-refractivity contribution >= 4 is 40.9 Å². The molecule has 0 unspecified atom stereocenters. The maximum Gasteiger partial charge on any atom is 0.246 e. The molecule has 0 spiro atoms. The average Bonchev–Trinajstić information content (AvgIpc) is 2.61. The van der Waals surface area contributed by atoms with E-state index in [-0.39, 0.29) is 5.91 Å². The maximum atomic E-state index is 12.3. The predicted molar refractivity (Wildman–Crippen MR) is 101 cm³/mol. The molecule has 5 heteroatoms. The Balaban J connectivity index is 1.56. The number of amides is 1. The first-order valence-corrected chi connectivity index (χ1v) is 8.60. The Morgan fingerprint density at radius 2 is 1.62 bits per heavy atom. The highest BCUT2D eigenvalue weighted by Crippen LogP contribution is 2.21. The van der Waals surface area contributed by atoms with E-state index < -0.39 is 0 Å². The number of halogens is 2. The number of carbonyl (C=O) groups is 1. The van der Waals surface area contributed by atoms with Crippen LogP contribution in [0.2, 0.25) is 10.0 Å². The monoisotopic (exact) mass is 360 g/mol. The Bertz CT molecular complexity index is 735. The van der Waals surface area contributed by atoms with Crippen LogP contribution in [0.4, 0.5) is 5.69 Å². The fourth-order valence-corrected chi connectivity index (χ4v) is 3.02. The SMILES string of the molecule is O=C(C=Cc1ccc(Cl)cc1)N1CCN(c2cccc(Cl)c2)CC1. The fourth-order valence-electron chi connectivity index (χ4n) is 2.70. The van der Waals surface area contributed by atoms with Crippen LogP contribution in [0.25, 0.3) is 6.08 Å². The van der Waals surface area contributed by atoms with E-state index in [9.17, 15) is 4.79 Å². The molecule has 1 aliphatic heterocycles. The Hall–Kier alpha value is -1.97. The minimum atomic E-state index is 0.0377. The molecule has 0 radical (unpaired) electrons. The number of anilines is 1. The lowest BCUT2D eigenvalue weighted by molar-refractivity contribution is -0.126. The number of rotatable bonds is 3. The van der Waals surface area contributed by atoms with Crippen molar-refractivity contribution < 1.29 is 4.79 Å². The Labute approximate surface area is 152 Å². The van der Waals surface area contributed by atoms with Gasteiger partial charge in [-0.1, -0.05) is 41.4 Å². The third-order valence-corrected chi connectivity index (χ3v) is 4.54. The summed E-state index contributed by atoms with van der Waals surface area (Å²) in [6, 6.07) is 15.2. The van der Waals surface area contributed by atoms with E-state index in [0.717, 1.165) is 29.4 Å². The molecule has 2 aromatic rings. The van der Waals surface area contributed by atoms with Gasteiger partial charge >= 0.3 is 0 Å². The summed E-state index contributed by atoms with van der Waals surface area (Å²) in [5.41, 5.74) is 2.07. The van der Waals surface area contributed by atoms with Crippen LogP contribution < -0.4 is 4.90 Å². The molecule has 24 heavy (non-hydrogen) atoms. The van der Waals surface area contributed by atoms with Crippen molar-refractivity contribution in [2.24, 2.45) is 0 Å². The van der Waals surface area contributed by atoms with Crippen molar-refractivity contribution in [1.82, 2.24) is 4.90 Å². The first kappa shape index (κ1) is 16.9. The number of carbonyl (C=O) groups excluding carboxylic acids is 1. The lowest BCUT2D eigenvalue weighted by atomic mass is 10.2. The summed E-state index contributed by atoms with van der Waals surface area (Å²) in [5.74, 6) is 0.0377. The molecule has 3 rings (SSSR count). The number of piperazine rings is 1. The Kier molecular flexibility index (Phi) is 5.44. The lowest BCUT2D eigenvalue weighted by Crippen LogP contribution is -2.48. The van der Waals surface area contributed by atoms with Gasteiger partial charge in [0.2, 0.25) is 5.91 Å². The molecular weight excluding hydrogens is 343 g/mol. The number of benzene rings is 2. The quantitative estimate of drug-likeness (QED) is 0.759. The summed E-state index contributed by atoms with van der Waals surface area (Å²) < 4.78 is 0. The fraction of sp³-hybridized carbons (Fsp3) is 0.211. The third kappa shape index (κ3) is 4.31. The number of hydrogen-bond acceptors (Lipinski definition) is 2. The van der Waals surface area contributed by atoms with Crippen LogP contribution in [0.1, 0.15) is 5.56 Å². The van der Waals surface area contributed by atoms with E-state index in [2.05, 4.69) is 4.90 Å². The number of nitrogens with zero attached hydrogens (tertiary/aromatic N) is 2. The maximum absolute atomic E-state index is 12.3. The molecule has 0 saturated carbocycles. The van der Waals surface area contributed by atoms with E-state index >= 15 is 0 Å². The normalized spacial score (nSPS) is 15.1. The summed E-state index contributed by atoms with van der Waals surface area (Å²) in [6.07, 6.45) is 3.44. The van der Waals surface area contributed by atoms with Gasteiger partial charge in [-0.15, -0.1) is 0 Å². The highest BCUT2D eigenvalue weighted by atomic mass is 35.5. The molecule has 0 N–H and O–H groups in total. The van der Waals surface area contributed by atoms with Gasteiger partial charge in [-0.2, -0.15) is 0 Å². The van der Waals surface area contributed by atoms with Crippen LogP contribution in [-0.2, 0) is 4.79 Å². The van der Waals surface area contributed by atoms with Crippen molar-refractivity contribution in [3.05, 3.63) is 70.2 Å². The second-order valence-corrected chi connectivity index (χ2v) is 6.55. The molecule has 124 valence electrons. The molecule has 1 aliphatic rings. The molecule has 0 aliphatic carbocycles. The van der Waals surface area contributed by atoms with E-state index in [0.29, 0.717) is 18.1 Å². The number of hydrogen-bond donors (Lipinski definition) is 0. The molecule has 1 heterocycles. The van der Waals surface area contributed by atoms with Crippen molar-refractivity contribution in [3.8, 4) is 0 Å². The van der Waals surface area contributed by atoms with Crippen LogP contribution in [0.5, 0.6) is 0 Å². The van der Waals surface area contributed by atoms with E-state index in [4.69, 9.17) is 23.2 Å². The molecule has 1 fully saturated rings. The van der Waals surface area contributed by atoms with Crippen LogP contribution >= 0.6 is 23.2 Å². The summed E-state index contributed by atoms with van der Waals surface area (Å²) in [7, 11) is 0. The third-order valence-electron chi connectivity index (χ3n) is 4.05. The molecule has 0 bridgehead atoms. The van der Waals surface area contributed by atoms with E-state index in [1.165, 1.54) is 0 Å². The molecule has 0 atom stereocenters. The predicted octanol–water partition coefficient (Wildman–Crippen LogP) is 4.36.